The number of anilines is 4. The van der Waals surface area contributed by atoms with E-state index in [-0.39, 0.29) is 5.91 Å². The van der Waals surface area contributed by atoms with Crippen molar-refractivity contribution in [3.05, 3.63) is 36.4 Å². The minimum atomic E-state index is -0.0393. The van der Waals surface area contributed by atoms with Crippen molar-refractivity contribution in [1.82, 2.24) is 10.2 Å². The lowest BCUT2D eigenvalue weighted by molar-refractivity contribution is -0.116. The van der Waals surface area contributed by atoms with Gasteiger partial charge in [0.1, 0.15) is 0 Å². The van der Waals surface area contributed by atoms with Crippen molar-refractivity contribution in [3.63, 3.8) is 0 Å². The van der Waals surface area contributed by atoms with Crippen LogP contribution in [0, 0.1) is 5.92 Å². The summed E-state index contributed by atoms with van der Waals surface area (Å²) in [6.45, 7) is 6.30. The molecule has 1 amide bonds. The monoisotopic (exact) mass is 339 g/mol. The second kappa shape index (κ2) is 7.96. The Morgan fingerprint density at radius 1 is 1.04 bits per heavy atom. The second-order valence-corrected chi connectivity index (χ2v) is 6.82. The molecule has 3 rings (SSSR count). The Morgan fingerprint density at radius 3 is 2.28 bits per heavy atom. The Balaban J connectivity index is 1.56. The molecule has 1 aliphatic rings. The van der Waals surface area contributed by atoms with Crippen molar-refractivity contribution < 1.29 is 4.79 Å². The summed E-state index contributed by atoms with van der Waals surface area (Å²) in [6, 6.07) is 11.9. The molecular formula is C19H25N5O. The lowest BCUT2D eigenvalue weighted by Crippen LogP contribution is -2.17. The van der Waals surface area contributed by atoms with Crippen LogP contribution >= 0.6 is 0 Å². The van der Waals surface area contributed by atoms with Crippen LogP contribution in [0.5, 0.6) is 0 Å². The molecule has 2 aromatic rings. The number of benzene rings is 1. The van der Waals surface area contributed by atoms with Crippen LogP contribution in [0.3, 0.4) is 0 Å². The predicted octanol–water partition coefficient (Wildman–Crippen LogP) is 3.81. The average molecular weight is 339 g/mol. The zero-order chi connectivity index (χ0) is 17.6. The number of carbonyl (C=O) groups is 1. The van der Waals surface area contributed by atoms with Gasteiger partial charge in [0.2, 0.25) is 5.91 Å². The van der Waals surface area contributed by atoms with Gasteiger partial charge in [-0.3, -0.25) is 4.79 Å². The summed E-state index contributed by atoms with van der Waals surface area (Å²) >= 11 is 0. The van der Waals surface area contributed by atoms with Gasteiger partial charge in [0.15, 0.2) is 11.6 Å². The molecule has 0 saturated carbocycles. The number of nitrogens with one attached hydrogen (secondary N) is 2. The highest BCUT2D eigenvalue weighted by Gasteiger charge is 2.12. The Hall–Kier alpha value is -2.63. The number of carbonyl (C=O) groups excluding carboxylic acids is 1. The number of hydrogen-bond acceptors (Lipinski definition) is 5. The second-order valence-electron chi connectivity index (χ2n) is 6.82. The Kier molecular flexibility index (Phi) is 5.48. The van der Waals surface area contributed by atoms with Crippen LogP contribution in [0.25, 0.3) is 0 Å². The van der Waals surface area contributed by atoms with Crippen molar-refractivity contribution in [2.75, 3.05) is 28.6 Å². The maximum atomic E-state index is 11.7. The highest BCUT2D eigenvalue weighted by atomic mass is 16.1. The third kappa shape index (κ3) is 4.92. The molecule has 25 heavy (non-hydrogen) atoms. The lowest BCUT2D eigenvalue weighted by atomic mass is 10.1. The molecule has 0 radical (unpaired) electrons. The van der Waals surface area contributed by atoms with Crippen LogP contribution < -0.4 is 15.5 Å². The van der Waals surface area contributed by atoms with Crippen molar-refractivity contribution in [3.8, 4) is 0 Å². The molecule has 1 fully saturated rings. The normalized spacial score (nSPS) is 14.0. The fourth-order valence-electron chi connectivity index (χ4n) is 2.91. The van der Waals surface area contributed by atoms with Gasteiger partial charge in [-0.1, -0.05) is 13.8 Å². The summed E-state index contributed by atoms with van der Waals surface area (Å²) in [6.07, 6.45) is 3.02. The van der Waals surface area contributed by atoms with E-state index in [2.05, 4.69) is 37.9 Å². The van der Waals surface area contributed by atoms with Gasteiger partial charge in [0, 0.05) is 30.9 Å². The van der Waals surface area contributed by atoms with E-state index in [9.17, 15) is 4.79 Å². The smallest absolute Gasteiger partial charge is 0.225 e. The molecule has 0 spiro atoms. The van der Waals surface area contributed by atoms with Gasteiger partial charge in [0.05, 0.1) is 0 Å². The van der Waals surface area contributed by atoms with Gasteiger partial charge in [-0.2, -0.15) is 0 Å². The first-order chi connectivity index (χ1) is 12.1. The maximum absolute atomic E-state index is 11.7. The molecule has 2 N–H and O–H groups in total. The number of rotatable bonds is 6. The Bertz CT molecular complexity index is 691. The van der Waals surface area contributed by atoms with Crippen LogP contribution in [-0.2, 0) is 4.79 Å². The molecular weight excluding hydrogens is 314 g/mol. The summed E-state index contributed by atoms with van der Waals surface area (Å²) < 4.78 is 0. The molecule has 2 heterocycles. The fraction of sp³-hybridized carbons (Fsp3) is 0.421. The molecule has 0 aliphatic carbocycles. The standard InChI is InChI=1S/C19H25N5O/c1-14(2)13-19(25)21-18-10-9-17(22-23-18)20-15-5-7-16(8-6-15)24-11-3-4-12-24/h5-10,14H,3-4,11-13H2,1-2H3,(H,20,22)(H,21,23,25). The molecule has 1 saturated heterocycles. The highest BCUT2D eigenvalue weighted by molar-refractivity contribution is 5.89. The highest BCUT2D eigenvalue weighted by Crippen LogP contribution is 2.23. The van der Waals surface area contributed by atoms with E-state index in [4.69, 9.17) is 0 Å². The Morgan fingerprint density at radius 2 is 1.68 bits per heavy atom. The molecule has 0 atom stereocenters. The fourth-order valence-corrected chi connectivity index (χ4v) is 2.91. The molecule has 1 aromatic carbocycles. The summed E-state index contributed by atoms with van der Waals surface area (Å²) in [5.74, 6) is 1.40. The van der Waals surface area contributed by atoms with Crippen molar-refractivity contribution in [1.29, 1.82) is 0 Å². The van der Waals surface area contributed by atoms with Crippen molar-refractivity contribution in [2.45, 2.75) is 33.1 Å². The van der Waals surface area contributed by atoms with Crippen LogP contribution in [-0.4, -0.2) is 29.2 Å². The third-order valence-corrected chi connectivity index (χ3v) is 4.14. The number of hydrogen-bond donors (Lipinski definition) is 2. The molecule has 6 nitrogen and oxygen atoms in total. The van der Waals surface area contributed by atoms with Crippen LogP contribution in [0.4, 0.5) is 23.0 Å². The molecule has 6 heteroatoms. The molecule has 1 aromatic heterocycles. The molecule has 0 unspecified atom stereocenters. The first-order valence-corrected chi connectivity index (χ1v) is 8.86. The molecule has 0 bridgehead atoms. The van der Waals surface area contributed by atoms with E-state index in [1.165, 1.54) is 18.5 Å². The van der Waals surface area contributed by atoms with Crippen molar-refractivity contribution in [2.24, 2.45) is 5.92 Å². The minimum absolute atomic E-state index is 0.0393. The van der Waals surface area contributed by atoms with Gasteiger partial charge in [-0.25, -0.2) is 0 Å². The topological polar surface area (TPSA) is 70.2 Å². The van der Waals surface area contributed by atoms with E-state index >= 15 is 0 Å². The number of amides is 1. The first-order valence-electron chi connectivity index (χ1n) is 8.86. The SMILES string of the molecule is CC(C)CC(=O)Nc1ccc(Nc2ccc(N3CCCC3)cc2)nn1. The summed E-state index contributed by atoms with van der Waals surface area (Å²) in [5, 5.41) is 14.2. The van der Waals surface area contributed by atoms with E-state index in [0.717, 1.165) is 18.8 Å². The largest absolute Gasteiger partial charge is 0.372 e. The zero-order valence-corrected chi connectivity index (χ0v) is 14.8. The predicted molar refractivity (Wildman–Crippen MR) is 101 cm³/mol. The lowest BCUT2D eigenvalue weighted by Gasteiger charge is -2.17. The third-order valence-electron chi connectivity index (χ3n) is 4.14. The Labute approximate surface area is 148 Å². The number of nitrogens with zero attached hydrogens (tertiary/aromatic N) is 3. The molecule has 1 aliphatic heterocycles. The summed E-state index contributed by atoms with van der Waals surface area (Å²) in [7, 11) is 0. The zero-order valence-electron chi connectivity index (χ0n) is 14.8. The van der Waals surface area contributed by atoms with Crippen molar-refractivity contribution >= 4 is 28.9 Å². The number of aromatic nitrogens is 2. The van der Waals surface area contributed by atoms with Gasteiger partial charge in [-0.15, -0.1) is 10.2 Å². The van der Waals surface area contributed by atoms with Gasteiger partial charge in [0.25, 0.3) is 0 Å². The van der Waals surface area contributed by atoms with Crippen LogP contribution in [0.2, 0.25) is 0 Å². The van der Waals surface area contributed by atoms with E-state index in [0.29, 0.717) is 24.0 Å². The summed E-state index contributed by atoms with van der Waals surface area (Å²) in [4.78, 5) is 14.1. The van der Waals surface area contributed by atoms with Gasteiger partial charge >= 0.3 is 0 Å². The maximum Gasteiger partial charge on any atom is 0.225 e. The van der Waals surface area contributed by atoms with Crippen LogP contribution in [0.15, 0.2) is 36.4 Å². The van der Waals surface area contributed by atoms with E-state index in [1.807, 2.05) is 32.0 Å². The van der Waals surface area contributed by atoms with Gasteiger partial charge in [-0.05, 0) is 55.2 Å². The first kappa shape index (κ1) is 17.2. The summed E-state index contributed by atoms with van der Waals surface area (Å²) in [5.41, 5.74) is 2.23. The average Bonchev–Trinajstić information content (AvgIpc) is 3.11. The van der Waals surface area contributed by atoms with E-state index < -0.39 is 0 Å². The van der Waals surface area contributed by atoms with E-state index in [1.54, 1.807) is 6.07 Å². The minimum Gasteiger partial charge on any atom is -0.372 e. The van der Waals surface area contributed by atoms with Crippen LogP contribution in [0.1, 0.15) is 33.1 Å². The van der Waals surface area contributed by atoms with Gasteiger partial charge < -0.3 is 15.5 Å². The quantitative estimate of drug-likeness (QED) is 0.837. The molecule has 132 valence electrons.